The SMILES string of the molecule is O=C(O)[C@@]12CCC[C@H]1CN(S(=O)(=O)c1ccccc1C(F)(F)F)C2. The van der Waals surface area contributed by atoms with E-state index in [0.717, 1.165) is 22.5 Å². The van der Waals surface area contributed by atoms with E-state index < -0.39 is 38.0 Å². The van der Waals surface area contributed by atoms with E-state index in [4.69, 9.17) is 0 Å². The average Bonchev–Trinajstić information content (AvgIpc) is 3.04. The maximum Gasteiger partial charge on any atom is 0.417 e. The van der Waals surface area contributed by atoms with Crippen molar-refractivity contribution in [3.05, 3.63) is 29.8 Å². The predicted octanol–water partition coefficient (Wildman–Crippen LogP) is 2.58. The van der Waals surface area contributed by atoms with Gasteiger partial charge in [0, 0.05) is 13.1 Å². The molecular weight excluding hydrogens is 347 g/mol. The number of halogens is 3. The number of hydrogen-bond donors (Lipinski definition) is 1. The first-order valence-electron chi connectivity index (χ1n) is 7.49. The van der Waals surface area contributed by atoms with E-state index in [1.807, 2.05) is 0 Å². The summed E-state index contributed by atoms with van der Waals surface area (Å²) in [5.41, 5.74) is -2.41. The first kappa shape index (κ1) is 17.2. The first-order valence-corrected chi connectivity index (χ1v) is 8.93. The average molecular weight is 363 g/mol. The van der Waals surface area contributed by atoms with Crippen LogP contribution >= 0.6 is 0 Å². The normalized spacial score (nSPS) is 28.0. The van der Waals surface area contributed by atoms with Gasteiger partial charge in [-0.3, -0.25) is 4.79 Å². The summed E-state index contributed by atoms with van der Waals surface area (Å²) in [7, 11) is -4.42. The van der Waals surface area contributed by atoms with Gasteiger partial charge in [-0.2, -0.15) is 17.5 Å². The molecule has 0 bridgehead atoms. The Morgan fingerprint density at radius 3 is 2.54 bits per heavy atom. The summed E-state index contributed by atoms with van der Waals surface area (Å²) in [6.07, 6.45) is -3.20. The molecule has 1 saturated carbocycles. The summed E-state index contributed by atoms with van der Waals surface area (Å²) in [5.74, 6) is -1.44. The van der Waals surface area contributed by atoms with Crippen LogP contribution in [0.25, 0.3) is 0 Å². The fourth-order valence-corrected chi connectivity index (χ4v) is 5.61. The molecule has 1 N–H and O–H groups in total. The molecule has 3 rings (SSSR count). The van der Waals surface area contributed by atoms with Crippen molar-refractivity contribution >= 4 is 16.0 Å². The number of benzene rings is 1. The highest BCUT2D eigenvalue weighted by Crippen LogP contribution is 2.50. The molecule has 132 valence electrons. The van der Waals surface area contributed by atoms with Crippen LogP contribution in [0.5, 0.6) is 0 Å². The highest BCUT2D eigenvalue weighted by molar-refractivity contribution is 7.89. The number of fused-ring (bicyclic) bond motifs is 1. The second-order valence-corrected chi connectivity index (χ2v) is 8.25. The summed E-state index contributed by atoms with van der Waals surface area (Å²) < 4.78 is 65.7. The molecule has 0 amide bonds. The Hall–Kier alpha value is -1.61. The van der Waals surface area contributed by atoms with E-state index in [1.165, 1.54) is 6.07 Å². The van der Waals surface area contributed by atoms with Crippen LogP contribution in [-0.4, -0.2) is 36.9 Å². The Labute approximate surface area is 137 Å². The zero-order valence-corrected chi connectivity index (χ0v) is 13.4. The summed E-state index contributed by atoms with van der Waals surface area (Å²) in [6, 6.07) is 3.99. The number of hydrogen-bond acceptors (Lipinski definition) is 3. The topological polar surface area (TPSA) is 74.7 Å². The van der Waals surface area contributed by atoms with Crippen molar-refractivity contribution in [1.29, 1.82) is 0 Å². The van der Waals surface area contributed by atoms with Crippen LogP contribution in [0, 0.1) is 11.3 Å². The van der Waals surface area contributed by atoms with Crippen molar-refractivity contribution in [2.24, 2.45) is 11.3 Å². The van der Waals surface area contributed by atoms with Crippen LogP contribution in [-0.2, 0) is 21.0 Å². The van der Waals surface area contributed by atoms with E-state index in [9.17, 15) is 31.5 Å². The molecule has 2 aliphatic rings. The second-order valence-electron chi connectivity index (χ2n) is 6.34. The fourth-order valence-electron chi connectivity index (χ4n) is 3.84. The van der Waals surface area contributed by atoms with E-state index >= 15 is 0 Å². The lowest BCUT2D eigenvalue weighted by Gasteiger charge is -2.24. The van der Waals surface area contributed by atoms with Gasteiger partial charge in [-0.05, 0) is 30.9 Å². The zero-order chi connectivity index (χ0) is 17.8. The minimum atomic E-state index is -4.80. The van der Waals surface area contributed by atoms with Crippen LogP contribution in [0.2, 0.25) is 0 Å². The van der Waals surface area contributed by atoms with Gasteiger partial charge in [0.25, 0.3) is 0 Å². The van der Waals surface area contributed by atoms with Gasteiger partial charge in [-0.15, -0.1) is 0 Å². The number of alkyl halides is 3. The van der Waals surface area contributed by atoms with Gasteiger partial charge in [0.2, 0.25) is 10.0 Å². The molecule has 5 nitrogen and oxygen atoms in total. The highest BCUT2D eigenvalue weighted by atomic mass is 32.2. The maximum absolute atomic E-state index is 13.1. The maximum atomic E-state index is 13.1. The number of rotatable bonds is 3. The molecule has 0 aromatic heterocycles. The molecule has 2 atom stereocenters. The molecule has 1 aromatic carbocycles. The van der Waals surface area contributed by atoms with Crippen molar-refractivity contribution in [2.75, 3.05) is 13.1 Å². The smallest absolute Gasteiger partial charge is 0.417 e. The van der Waals surface area contributed by atoms with Crippen molar-refractivity contribution in [3.8, 4) is 0 Å². The first-order chi connectivity index (χ1) is 11.1. The molecule has 1 aliphatic carbocycles. The molecule has 9 heteroatoms. The van der Waals surface area contributed by atoms with Gasteiger partial charge >= 0.3 is 12.1 Å². The Morgan fingerprint density at radius 1 is 1.29 bits per heavy atom. The van der Waals surface area contributed by atoms with Crippen molar-refractivity contribution < 1.29 is 31.5 Å². The molecule has 1 heterocycles. The van der Waals surface area contributed by atoms with Gasteiger partial charge < -0.3 is 5.11 Å². The highest BCUT2D eigenvalue weighted by Gasteiger charge is 2.57. The van der Waals surface area contributed by atoms with Gasteiger partial charge in [-0.1, -0.05) is 18.6 Å². The lowest BCUT2D eigenvalue weighted by molar-refractivity contribution is -0.149. The Morgan fingerprint density at radius 2 is 1.96 bits per heavy atom. The zero-order valence-electron chi connectivity index (χ0n) is 12.6. The van der Waals surface area contributed by atoms with Gasteiger partial charge in [0.05, 0.1) is 15.9 Å². The number of nitrogens with zero attached hydrogens (tertiary/aromatic N) is 1. The van der Waals surface area contributed by atoms with Crippen molar-refractivity contribution in [3.63, 3.8) is 0 Å². The molecule has 1 aliphatic heterocycles. The van der Waals surface area contributed by atoms with Crippen LogP contribution < -0.4 is 0 Å². The molecule has 2 fully saturated rings. The van der Waals surface area contributed by atoms with Crippen LogP contribution in [0.4, 0.5) is 13.2 Å². The molecule has 0 spiro atoms. The molecule has 0 radical (unpaired) electrons. The largest absolute Gasteiger partial charge is 0.481 e. The van der Waals surface area contributed by atoms with Crippen LogP contribution in [0.3, 0.4) is 0 Å². The van der Waals surface area contributed by atoms with E-state index in [2.05, 4.69) is 0 Å². The van der Waals surface area contributed by atoms with Crippen LogP contribution in [0.15, 0.2) is 29.2 Å². The quantitative estimate of drug-likeness (QED) is 0.896. The molecule has 1 saturated heterocycles. The number of sulfonamides is 1. The minimum absolute atomic E-state index is 0.0547. The standard InChI is InChI=1S/C15H16F3NO4S/c16-15(17,18)11-5-1-2-6-12(11)24(22,23)19-8-10-4-3-7-14(10,9-19)13(20)21/h1-2,5-6,10H,3-4,7-9H2,(H,20,21)/t10-,14+/m0/s1. The lowest BCUT2D eigenvalue weighted by Crippen LogP contribution is -2.37. The monoisotopic (exact) mass is 363 g/mol. The summed E-state index contributed by atoms with van der Waals surface area (Å²) in [5, 5.41) is 9.51. The number of carboxylic acid groups (broad SMARTS) is 1. The summed E-state index contributed by atoms with van der Waals surface area (Å²) >= 11 is 0. The molecule has 24 heavy (non-hydrogen) atoms. The third kappa shape index (κ3) is 2.50. The van der Waals surface area contributed by atoms with E-state index in [1.54, 1.807) is 0 Å². The second kappa shape index (κ2) is 5.45. The molecular formula is C15H16F3NO4S. The Bertz CT molecular complexity index is 777. The number of carboxylic acids is 1. The third-order valence-electron chi connectivity index (χ3n) is 5.08. The lowest BCUT2D eigenvalue weighted by atomic mass is 9.81. The van der Waals surface area contributed by atoms with Gasteiger partial charge in [-0.25, -0.2) is 8.42 Å². The van der Waals surface area contributed by atoms with E-state index in [0.29, 0.717) is 19.3 Å². The number of aliphatic carboxylic acids is 1. The van der Waals surface area contributed by atoms with Crippen molar-refractivity contribution in [1.82, 2.24) is 4.31 Å². The molecule has 1 aromatic rings. The van der Waals surface area contributed by atoms with Gasteiger partial charge in [0.1, 0.15) is 0 Å². The molecule has 0 unspecified atom stereocenters. The summed E-state index contributed by atoms with van der Waals surface area (Å²) in [4.78, 5) is 10.8. The summed E-state index contributed by atoms with van der Waals surface area (Å²) in [6.45, 7) is -0.331. The van der Waals surface area contributed by atoms with Crippen LogP contribution in [0.1, 0.15) is 24.8 Å². The third-order valence-corrected chi connectivity index (χ3v) is 6.95. The fraction of sp³-hybridized carbons (Fsp3) is 0.533. The number of carbonyl (C=O) groups is 1. The van der Waals surface area contributed by atoms with Gasteiger partial charge in [0.15, 0.2) is 0 Å². The Kier molecular flexibility index (Phi) is 3.91. The minimum Gasteiger partial charge on any atom is -0.481 e. The van der Waals surface area contributed by atoms with E-state index in [-0.39, 0.29) is 19.0 Å². The Balaban J connectivity index is 2.01. The van der Waals surface area contributed by atoms with Crippen molar-refractivity contribution in [2.45, 2.75) is 30.3 Å². The predicted molar refractivity (Wildman–Crippen MR) is 77.6 cm³/mol.